The molecule has 0 fully saturated rings. The van der Waals surface area contributed by atoms with E-state index in [0.717, 1.165) is 9.35 Å². The summed E-state index contributed by atoms with van der Waals surface area (Å²) in [6.45, 7) is 0.244. The number of rotatable bonds is 3. The van der Waals surface area contributed by atoms with E-state index >= 15 is 0 Å². The number of hydrogen-bond acceptors (Lipinski definition) is 3. The van der Waals surface area contributed by atoms with E-state index in [0.29, 0.717) is 22.7 Å². The predicted octanol–water partition coefficient (Wildman–Crippen LogP) is 3.44. The molecule has 0 radical (unpaired) electrons. The van der Waals surface area contributed by atoms with Gasteiger partial charge in [-0.1, -0.05) is 23.4 Å². The third kappa shape index (κ3) is 4.58. The normalized spacial score (nSPS) is 9.86. The van der Waals surface area contributed by atoms with Crippen LogP contribution in [0.4, 0.5) is 0 Å². The molecular weight excluding hydrogens is 374 g/mol. The molecule has 0 saturated heterocycles. The van der Waals surface area contributed by atoms with Crippen LogP contribution in [0.1, 0.15) is 20.8 Å². The largest absolute Gasteiger partial charge is 0.384 e. The topological polar surface area (TPSA) is 49.3 Å². The lowest BCUT2D eigenvalue weighted by Gasteiger charge is -2.05. The average Bonchev–Trinajstić information content (AvgIpc) is 2.89. The van der Waals surface area contributed by atoms with Crippen molar-refractivity contribution in [1.29, 1.82) is 0 Å². The lowest BCUT2D eigenvalue weighted by atomic mass is 10.1. The van der Waals surface area contributed by atoms with Crippen LogP contribution in [-0.4, -0.2) is 17.6 Å². The van der Waals surface area contributed by atoms with Gasteiger partial charge in [0.15, 0.2) is 0 Å². The van der Waals surface area contributed by atoms with E-state index in [4.69, 9.17) is 16.7 Å². The summed E-state index contributed by atoms with van der Waals surface area (Å²) < 4.78 is 1.01. The van der Waals surface area contributed by atoms with Gasteiger partial charge in [-0.05, 0) is 40.2 Å². The zero-order valence-corrected chi connectivity index (χ0v) is 14.0. The van der Waals surface area contributed by atoms with Gasteiger partial charge in [-0.25, -0.2) is 0 Å². The Morgan fingerprint density at radius 1 is 1.43 bits per heavy atom. The van der Waals surface area contributed by atoms with Crippen molar-refractivity contribution in [1.82, 2.24) is 5.32 Å². The highest BCUT2D eigenvalue weighted by Crippen LogP contribution is 2.20. The van der Waals surface area contributed by atoms with Crippen LogP contribution in [0, 0.1) is 11.8 Å². The van der Waals surface area contributed by atoms with E-state index < -0.39 is 0 Å². The molecule has 1 aromatic carbocycles. The minimum absolute atomic E-state index is 0.192. The number of aliphatic hydroxyl groups is 1. The number of hydrogen-bond donors (Lipinski definition) is 2. The van der Waals surface area contributed by atoms with Gasteiger partial charge >= 0.3 is 0 Å². The number of amides is 1. The summed E-state index contributed by atoms with van der Waals surface area (Å²) >= 11 is 11.0. The number of aliphatic hydroxyl groups excluding tert-OH is 1. The second-order valence-corrected chi connectivity index (χ2v) is 6.39. The van der Waals surface area contributed by atoms with E-state index in [1.165, 1.54) is 0 Å². The summed E-state index contributed by atoms with van der Waals surface area (Å²) in [5.74, 6) is 5.05. The minimum Gasteiger partial charge on any atom is -0.384 e. The van der Waals surface area contributed by atoms with Crippen LogP contribution in [0.3, 0.4) is 0 Å². The molecule has 6 heteroatoms. The quantitative estimate of drug-likeness (QED) is 0.797. The van der Waals surface area contributed by atoms with Crippen molar-refractivity contribution >= 4 is 44.8 Å². The Bertz CT molecular complexity index is 718. The second kappa shape index (κ2) is 7.62. The highest BCUT2D eigenvalue weighted by atomic mass is 79.9. The second-order valence-electron chi connectivity index (χ2n) is 4.07. The fourth-order valence-electron chi connectivity index (χ4n) is 1.61. The number of halogens is 2. The van der Waals surface area contributed by atoms with Gasteiger partial charge in [-0.3, -0.25) is 4.79 Å². The Hall–Kier alpha value is -1.32. The van der Waals surface area contributed by atoms with Crippen LogP contribution in [0.5, 0.6) is 0 Å². The van der Waals surface area contributed by atoms with Crippen molar-refractivity contribution in [3.05, 3.63) is 55.1 Å². The molecule has 21 heavy (non-hydrogen) atoms. The van der Waals surface area contributed by atoms with Gasteiger partial charge in [-0.15, -0.1) is 11.3 Å². The van der Waals surface area contributed by atoms with Crippen LogP contribution >= 0.6 is 38.9 Å². The molecule has 0 saturated carbocycles. The Kier molecular flexibility index (Phi) is 5.83. The molecule has 2 rings (SSSR count). The first-order valence-corrected chi connectivity index (χ1v) is 8.05. The summed E-state index contributed by atoms with van der Waals surface area (Å²) in [5.41, 5.74) is 1.06. The lowest BCUT2D eigenvalue weighted by molar-refractivity contribution is 0.0951. The first-order chi connectivity index (χ1) is 10.1. The van der Waals surface area contributed by atoms with Crippen molar-refractivity contribution in [2.45, 2.75) is 6.54 Å². The third-order valence-electron chi connectivity index (χ3n) is 2.58. The summed E-state index contributed by atoms with van der Waals surface area (Å²) in [4.78, 5) is 13.1. The number of nitrogens with one attached hydrogen (secondary N) is 1. The van der Waals surface area contributed by atoms with Gasteiger partial charge in [0.1, 0.15) is 6.61 Å². The Morgan fingerprint density at radius 2 is 2.24 bits per heavy atom. The fourth-order valence-corrected chi connectivity index (χ4v) is 3.23. The molecule has 1 aromatic heterocycles. The van der Waals surface area contributed by atoms with Crippen molar-refractivity contribution < 1.29 is 9.90 Å². The first-order valence-electron chi connectivity index (χ1n) is 6.00. The van der Waals surface area contributed by atoms with Crippen LogP contribution in [0.15, 0.2) is 34.1 Å². The Balaban J connectivity index is 2.04. The molecule has 1 heterocycles. The van der Waals surface area contributed by atoms with E-state index in [1.807, 2.05) is 11.4 Å². The van der Waals surface area contributed by atoms with Gasteiger partial charge in [-0.2, -0.15) is 0 Å². The standard InChI is InChI=1S/C15H11BrClNO2S/c16-12-7-13(21-9-12)8-18-15(20)11-4-3-10(2-1-5-19)14(17)6-11/h3-4,6-7,9,19H,5,8H2,(H,18,20). The van der Waals surface area contributed by atoms with E-state index in [9.17, 15) is 4.79 Å². The molecule has 2 aromatic rings. The van der Waals surface area contributed by atoms with Crippen LogP contribution in [-0.2, 0) is 6.54 Å². The summed E-state index contributed by atoms with van der Waals surface area (Å²) in [6, 6.07) is 6.86. The van der Waals surface area contributed by atoms with E-state index in [-0.39, 0.29) is 12.5 Å². The van der Waals surface area contributed by atoms with E-state index in [1.54, 1.807) is 29.5 Å². The minimum atomic E-state index is -0.227. The van der Waals surface area contributed by atoms with Crippen LogP contribution < -0.4 is 5.32 Å². The Morgan fingerprint density at radius 3 is 2.86 bits per heavy atom. The van der Waals surface area contributed by atoms with Crippen molar-refractivity contribution in [3.8, 4) is 11.8 Å². The predicted molar refractivity (Wildman–Crippen MR) is 88.6 cm³/mol. The number of carbonyl (C=O) groups is 1. The zero-order chi connectivity index (χ0) is 15.2. The maximum absolute atomic E-state index is 12.0. The average molecular weight is 385 g/mol. The highest BCUT2D eigenvalue weighted by Gasteiger charge is 2.08. The summed E-state index contributed by atoms with van der Waals surface area (Å²) in [5, 5.41) is 13.8. The van der Waals surface area contributed by atoms with Crippen molar-refractivity contribution in [3.63, 3.8) is 0 Å². The van der Waals surface area contributed by atoms with E-state index in [2.05, 4.69) is 33.1 Å². The number of carbonyl (C=O) groups excluding carboxylic acids is 1. The van der Waals surface area contributed by atoms with Crippen molar-refractivity contribution in [2.75, 3.05) is 6.61 Å². The molecule has 3 nitrogen and oxygen atoms in total. The maximum atomic E-state index is 12.0. The van der Waals surface area contributed by atoms with Gasteiger partial charge in [0, 0.05) is 25.9 Å². The van der Waals surface area contributed by atoms with Gasteiger partial charge in [0.2, 0.25) is 0 Å². The van der Waals surface area contributed by atoms with Gasteiger partial charge in [0.25, 0.3) is 5.91 Å². The first kappa shape index (κ1) is 16.1. The SMILES string of the molecule is O=C(NCc1cc(Br)cs1)c1ccc(C#CCO)c(Cl)c1. The molecule has 2 N–H and O–H groups in total. The van der Waals surface area contributed by atoms with Gasteiger partial charge in [0.05, 0.1) is 11.6 Å². The molecule has 1 amide bonds. The van der Waals surface area contributed by atoms with Crippen molar-refractivity contribution in [2.24, 2.45) is 0 Å². The smallest absolute Gasteiger partial charge is 0.251 e. The number of benzene rings is 1. The van der Waals surface area contributed by atoms with Crippen LogP contribution in [0.25, 0.3) is 0 Å². The zero-order valence-electron chi connectivity index (χ0n) is 10.8. The van der Waals surface area contributed by atoms with Gasteiger partial charge < -0.3 is 10.4 Å². The highest BCUT2D eigenvalue weighted by molar-refractivity contribution is 9.10. The lowest BCUT2D eigenvalue weighted by Crippen LogP contribution is -2.22. The molecule has 0 aliphatic rings. The number of thiophene rings is 1. The molecular formula is C15H11BrClNO2S. The summed E-state index contributed by atoms with van der Waals surface area (Å²) in [7, 11) is 0. The summed E-state index contributed by atoms with van der Waals surface area (Å²) in [6.07, 6.45) is 0. The third-order valence-corrected chi connectivity index (χ3v) is 4.59. The fraction of sp³-hybridized carbons (Fsp3) is 0.133. The molecule has 0 atom stereocenters. The molecule has 0 aliphatic heterocycles. The molecule has 108 valence electrons. The Labute approximate surface area is 140 Å². The van der Waals surface area contributed by atoms with Crippen LogP contribution in [0.2, 0.25) is 5.02 Å². The molecule has 0 bridgehead atoms. The monoisotopic (exact) mass is 383 g/mol. The molecule has 0 spiro atoms. The molecule has 0 unspecified atom stereocenters. The molecule has 0 aliphatic carbocycles. The maximum Gasteiger partial charge on any atom is 0.251 e.